The maximum atomic E-state index is 12.6. The summed E-state index contributed by atoms with van der Waals surface area (Å²) < 4.78 is 12.0. The smallest absolute Gasteiger partial charge is 0.266 e. The van der Waals surface area contributed by atoms with Crippen LogP contribution in [0, 0.1) is 11.3 Å². The maximum absolute atomic E-state index is 12.6. The molecule has 3 aromatic rings. The van der Waals surface area contributed by atoms with Crippen LogP contribution in [-0.4, -0.2) is 12.5 Å². The van der Waals surface area contributed by atoms with E-state index in [0.29, 0.717) is 41.0 Å². The molecule has 3 rings (SSSR count). The summed E-state index contributed by atoms with van der Waals surface area (Å²) in [6, 6.07) is 21.7. The van der Waals surface area contributed by atoms with Gasteiger partial charge in [0.05, 0.1) is 11.1 Å². The van der Waals surface area contributed by atoms with E-state index >= 15 is 0 Å². The molecule has 7 heteroatoms. The fraction of sp³-hybridized carbons (Fsp3) is 0.120. The van der Waals surface area contributed by atoms with Crippen molar-refractivity contribution in [3.05, 3.63) is 92.9 Å². The second-order valence-electron chi connectivity index (χ2n) is 6.65. The number of hydrogen-bond donors (Lipinski definition) is 1. The van der Waals surface area contributed by atoms with E-state index < -0.39 is 5.91 Å². The number of nitrogens with one attached hydrogen (secondary N) is 1. The lowest BCUT2D eigenvalue weighted by atomic mass is 10.1. The highest BCUT2D eigenvalue weighted by Crippen LogP contribution is 2.27. The Morgan fingerprint density at radius 2 is 1.88 bits per heavy atom. The third-order valence-corrected chi connectivity index (χ3v) is 5.38. The molecule has 32 heavy (non-hydrogen) atoms. The number of carbonyl (C=O) groups excluding carboxylic acids is 1. The van der Waals surface area contributed by atoms with Gasteiger partial charge in [-0.05, 0) is 77.0 Å². The van der Waals surface area contributed by atoms with Crippen molar-refractivity contribution in [2.24, 2.45) is 0 Å². The first-order chi connectivity index (χ1) is 15.5. The van der Waals surface area contributed by atoms with E-state index in [1.165, 1.54) is 6.08 Å². The number of amides is 1. The average molecular weight is 512 g/mol. The molecule has 0 aromatic heterocycles. The van der Waals surface area contributed by atoms with Gasteiger partial charge >= 0.3 is 0 Å². The van der Waals surface area contributed by atoms with Crippen LogP contribution in [0.4, 0.5) is 5.69 Å². The lowest BCUT2D eigenvalue weighted by molar-refractivity contribution is -0.112. The van der Waals surface area contributed by atoms with Crippen molar-refractivity contribution >= 4 is 45.2 Å². The van der Waals surface area contributed by atoms with Crippen molar-refractivity contribution in [2.45, 2.75) is 13.5 Å². The molecule has 0 aliphatic rings. The van der Waals surface area contributed by atoms with Crippen LogP contribution in [0.3, 0.4) is 0 Å². The Morgan fingerprint density at radius 3 is 2.53 bits per heavy atom. The summed E-state index contributed by atoms with van der Waals surface area (Å²) in [5.74, 6) is 0.838. The number of hydrogen-bond acceptors (Lipinski definition) is 4. The van der Waals surface area contributed by atoms with Crippen LogP contribution in [0.25, 0.3) is 6.08 Å². The van der Waals surface area contributed by atoms with Crippen molar-refractivity contribution in [2.75, 3.05) is 11.9 Å². The highest BCUT2D eigenvalue weighted by atomic mass is 79.9. The Morgan fingerprint density at radius 1 is 1.12 bits per heavy atom. The summed E-state index contributed by atoms with van der Waals surface area (Å²) in [4.78, 5) is 12.6. The molecule has 0 fully saturated rings. The summed E-state index contributed by atoms with van der Waals surface area (Å²) in [7, 11) is 0. The minimum Gasteiger partial charge on any atom is -0.493 e. The van der Waals surface area contributed by atoms with Gasteiger partial charge in [-0.2, -0.15) is 5.26 Å². The molecular formula is C25H20BrClN2O3. The number of carbonyl (C=O) groups is 1. The van der Waals surface area contributed by atoms with Gasteiger partial charge in [-0.15, -0.1) is 0 Å². The molecule has 0 saturated carbocycles. The summed E-state index contributed by atoms with van der Waals surface area (Å²) in [5, 5.41) is 12.8. The molecule has 0 radical (unpaired) electrons. The van der Waals surface area contributed by atoms with Gasteiger partial charge < -0.3 is 14.8 Å². The molecule has 162 valence electrons. The molecule has 0 bridgehead atoms. The number of benzene rings is 3. The van der Waals surface area contributed by atoms with Crippen LogP contribution in [-0.2, 0) is 11.4 Å². The zero-order valence-corrected chi connectivity index (χ0v) is 19.6. The topological polar surface area (TPSA) is 71.3 Å². The van der Waals surface area contributed by atoms with Gasteiger partial charge in [0, 0.05) is 16.3 Å². The molecule has 0 atom stereocenters. The Labute approximate surface area is 200 Å². The molecule has 5 nitrogen and oxygen atoms in total. The summed E-state index contributed by atoms with van der Waals surface area (Å²) in [6.07, 6.45) is 1.52. The molecule has 0 saturated heterocycles. The van der Waals surface area contributed by atoms with Gasteiger partial charge in [0.2, 0.25) is 0 Å². The molecule has 0 aliphatic carbocycles. The van der Waals surface area contributed by atoms with Crippen molar-refractivity contribution < 1.29 is 14.3 Å². The van der Waals surface area contributed by atoms with Crippen molar-refractivity contribution in [3.8, 4) is 17.6 Å². The second-order valence-corrected chi connectivity index (χ2v) is 7.91. The number of nitrogens with zero attached hydrogens (tertiary/aromatic N) is 1. The highest BCUT2D eigenvalue weighted by Gasteiger charge is 2.11. The molecule has 3 aromatic carbocycles. The van der Waals surface area contributed by atoms with Crippen LogP contribution in [0.1, 0.15) is 18.1 Å². The van der Waals surface area contributed by atoms with E-state index in [2.05, 4.69) is 21.2 Å². The van der Waals surface area contributed by atoms with E-state index in [1.54, 1.807) is 42.5 Å². The van der Waals surface area contributed by atoms with Gasteiger partial charge in [-0.1, -0.05) is 35.9 Å². The zero-order chi connectivity index (χ0) is 22.9. The minimum absolute atomic E-state index is 0.0138. The number of anilines is 1. The third kappa shape index (κ3) is 6.36. The van der Waals surface area contributed by atoms with Crippen LogP contribution in [0.2, 0.25) is 5.02 Å². The molecule has 0 unspecified atom stereocenters. The molecule has 1 N–H and O–H groups in total. The number of ether oxygens (including phenoxy) is 2. The molecule has 1 amide bonds. The third-order valence-electron chi connectivity index (χ3n) is 4.40. The molecule has 0 aliphatic heterocycles. The van der Waals surface area contributed by atoms with Gasteiger partial charge in [0.15, 0.2) is 0 Å². The lowest BCUT2D eigenvalue weighted by Gasteiger charge is -2.09. The SMILES string of the molecule is CCOc1ccc(/C=C(\C#N)C(=O)Nc2ccc(OCc3ccccc3Cl)cc2)cc1Br. The van der Waals surface area contributed by atoms with Gasteiger partial charge in [0.25, 0.3) is 5.91 Å². The summed E-state index contributed by atoms with van der Waals surface area (Å²) in [6.45, 7) is 2.78. The van der Waals surface area contributed by atoms with Crippen molar-refractivity contribution in [3.63, 3.8) is 0 Å². The van der Waals surface area contributed by atoms with E-state index in [0.717, 1.165) is 10.0 Å². The first-order valence-electron chi connectivity index (χ1n) is 9.82. The van der Waals surface area contributed by atoms with Gasteiger partial charge in [-0.25, -0.2) is 0 Å². The van der Waals surface area contributed by atoms with Crippen molar-refractivity contribution in [1.82, 2.24) is 0 Å². The average Bonchev–Trinajstić information content (AvgIpc) is 2.79. The van der Waals surface area contributed by atoms with E-state index in [-0.39, 0.29) is 5.57 Å². The lowest BCUT2D eigenvalue weighted by Crippen LogP contribution is -2.13. The normalized spacial score (nSPS) is 10.9. The summed E-state index contributed by atoms with van der Waals surface area (Å²) >= 11 is 9.57. The monoisotopic (exact) mass is 510 g/mol. The van der Waals surface area contributed by atoms with Gasteiger partial charge in [-0.3, -0.25) is 4.79 Å². The van der Waals surface area contributed by atoms with E-state index in [1.807, 2.05) is 37.3 Å². The number of halogens is 2. The van der Waals surface area contributed by atoms with Crippen LogP contribution in [0.15, 0.2) is 76.8 Å². The fourth-order valence-corrected chi connectivity index (χ4v) is 3.51. The molecule has 0 heterocycles. The highest BCUT2D eigenvalue weighted by molar-refractivity contribution is 9.10. The largest absolute Gasteiger partial charge is 0.493 e. The van der Waals surface area contributed by atoms with Crippen molar-refractivity contribution in [1.29, 1.82) is 5.26 Å². The first-order valence-corrected chi connectivity index (χ1v) is 11.0. The predicted octanol–water partition coefficient (Wildman–Crippen LogP) is 6.63. The Balaban J connectivity index is 1.64. The number of nitriles is 1. The van der Waals surface area contributed by atoms with Crippen LogP contribution >= 0.6 is 27.5 Å². The summed E-state index contributed by atoms with van der Waals surface area (Å²) in [5.41, 5.74) is 2.13. The van der Waals surface area contributed by atoms with Crippen LogP contribution < -0.4 is 14.8 Å². The Hall–Kier alpha value is -3.27. The second kappa shape index (κ2) is 11.4. The fourth-order valence-electron chi connectivity index (χ4n) is 2.80. The Bertz CT molecular complexity index is 1170. The minimum atomic E-state index is -0.498. The van der Waals surface area contributed by atoms with E-state index in [4.69, 9.17) is 21.1 Å². The molecular weight excluding hydrogens is 492 g/mol. The van der Waals surface area contributed by atoms with E-state index in [9.17, 15) is 10.1 Å². The van der Waals surface area contributed by atoms with Gasteiger partial charge in [0.1, 0.15) is 29.7 Å². The standard InChI is InChI=1S/C25H20BrClN2O3/c1-2-31-24-12-7-17(14-22(24)26)13-19(15-28)25(30)29-20-8-10-21(11-9-20)32-16-18-5-3-4-6-23(18)27/h3-14H,2,16H2,1H3,(H,29,30)/b19-13+. The first kappa shape index (κ1) is 23.4. The quantitative estimate of drug-likeness (QED) is 0.272. The predicted molar refractivity (Wildman–Crippen MR) is 130 cm³/mol. The number of rotatable bonds is 8. The molecule has 0 spiro atoms. The Kier molecular flexibility index (Phi) is 8.32. The van der Waals surface area contributed by atoms with Crippen LogP contribution in [0.5, 0.6) is 11.5 Å². The zero-order valence-electron chi connectivity index (χ0n) is 17.3. The maximum Gasteiger partial charge on any atom is 0.266 e.